The molecule has 0 spiro atoms. The monoisotopic (exact) mass is 284 g/mol. The summed E-state index contributed by atoms with van der Waals surface area (Å²) in [7, 11) is 0. The van der Waals surface area contributed by atoms with Gasteiger partial charge in [0.25, 0.3) is 0 Å². The number of rotatable bonds is 5. The number of nitrogens with one attached hydrogen (secondary N) is 1. The maximum Gasteiger partial charge on any atom is 0.241 e. The van der Waals surface area contributed by atoms with E-state index in [2.05, 4.69) is 42.7 Å². The van der Waals surface area contributed by atoms with Crippen molar-refractivity contribution in [3.63, 3.8) is 0 Å². The molecule has 110 valence electrons. The number of hydrogen-bond acceptors (Lipinski definition) is 3. The average molecular weight is 284 g/mol. The molecule has 0 aromatic rings. The predicted octanol–water partition coefficient (Wildman–Crippen LogP) is 2.85. The van der Waals surface area contributed by atoms with Gasteiger partial charge in [-0.15, -0.1) is 0 Å². The van der Waals surface area contributed by atoms with E-state index in [1.807, 2.05) is 0 Å². The molecule has 1 N–H and O–H groups in total. The SMILES string of the molecule is CCC(C)C1NC(CC)N(CC2CCCCS2)C1=O. The van der Waals surface area contributed by atoms with Crippen molar-refractivity contribution in [2.24, 2.45) is 5.92 Å². The molecule has 0 saturated carbocycles. The second-order valence-electron chi connectivity index (χ2n) is 5.93. The molecule has 0 aromatic carbocycles. The molecular weight excluding hydrogens is 256 g/mol. The summed E-state index contributed by atoms with van der Waals surface area (Å²) < 4.78 is 0. The van der Waals surface area contributed by atoms with E-state index in [1.54, 1.807) is 0 Å². The van der Waals surface area contributed by atoms with Gasteiger partial charge in [0.05, 0.1) is 12.2 Å². The third kappa shape index (κ3) is 3.46. The fraction of sp³-hybridized carbons (Fsp3) is 0.933. The molecule has 4 unspecified atom stereocenters. The minimum atomic E-state index is 0.0449. The number of hydrogen-bond donors (Lipinski definition) is 1. The average Bonchev–Trinajstić information content (AvgIpc) is 2.76. The summed E-state index contributed by atoms with van der Waals surface area (Å²) in [4.78, 5) is 14.7. The molecule has 19 heavy (non-hydrogen) atoms. The molecule has 1 amide bonds. The largest absolute Gasteiger partial charge is 0.325 e. The van der Waals surface area contributed by atoms with Crippen LogP contribution in [0.4, 0.5) is 0 Å². The Hall–Kier alpha value is -0.220. The first kappa shape index (κ1) is 15.2. The normalized spacial score (nSPS) is 33.7. The summed E-state index contributed by atoms with van der Waals surface area (Å²) in [5.74, 6) is 2.05. The Kier molecular flexibility index (Phi) is 5.58. The van der Waals surface area contributed by atoms with Crippen LogP contribution in [-0.2, 0) is 4.79 Å². The lowest BCUT2D eigenvalue weighted by Gasteiger charge is -2.29. The number of nitrogens with zero attached hydrogens (tertiary/aromatic N) is 1. The molecule has 0 aromatic heterocycles. The van der Waals surface area contributed by atoms with Crippen LogP contribution in [0.2, 0.25) is 0 Å². The van der Waals surface area contributed by atoms with Gasteiger partial charge in [0, 0.05) is 11.8 Å². The van der Waals surface area contributed by atoms with Gasteiger partial charge in [-0.25, -0.2) is 0 Å². The molecule has 0 radical (unpaired) electrons. The molecule has 4 atom stereocenters. The van der Waals surface area contributed by atoms with E-state index >= 15 is 0 Å². The van der Waals surface area contributed by atoms with Gasteiger partial charge >= 0.3 is 0 Å². The zero-order chi connectivity index (χ0) is 13.8. The van der Waals surface area contributed by atoms with Crippen molar-refractivity contribution in [1.82, 2.24) is 10.2 Å². The van der Waals surface area contributed by atoms with Crippen LogP contribution in [0.1, 0.15) is 52.9 Å². The van der Waals surface area contributed by atoms with Crippen LogP contribution in [-0.4, -0.2) is 40.6 Å². The molecule has 0 bridgehead atoms. The Labute approximate surface area is 121 Å². The van der Waals surface area contributed by atoms with E-state index in [4.69, 9.17) is 0 Å². The molecular formula is C15H28N2OS. The fourth-order valence-corrected chi connectivity index (χ4v) is 4.37. The first-order chi connectivity index (χ1) is 9.17. The number of carbonyl (C=O) groups is 1. The van der Waals surface area contributed by atoms with Gasteiger partial charge < -0.3 is 4.90 Å². The summed E-state index contributed by atoms with van der Waals surface area (Å²) in [6.45, 7) is 7.47. The van der Waals surface area contributed by atoms with Crippen LogP contribution in [0.5, 0.6) is 0 Å². The van der Waals surface area contributed by atoms with Gasteiger partial charge in [0.2, 0.25) is 5.91 Å². The molecule has 2 rings (SSSR count). The van der Waals surface area contributed by atoms with E-state index in [0.717, 1.165) is 19.4 Å². The second-order valence-corrected chi connectivity index (χ2v) is 7.34. The highest BCUT2D eigenvalue weighted by atomic mass is 32.2. The Balaban J connectivity index is 1.98. The molecule has 2 fully saturated rings. The Morgan fingerprint density at radius 2 is 2.21 bits per heavy atom. The summed E-state index contributed by atoms with van der Waals surface area (Å²) in [6, 6.07) is 0.0449. The van der Waals surface area contributed by atoms with Crippen LogP contribution < -0.4 is 5.32 Å². The van der Waals surface area contributed by atoms with Crippen LogP contribution in [0.3, 0.4) is 0 Å². The van der Waals surface area contributed by atoms with Gasteiger partial charge in [-0.3, -0.25) is 10.1 Å². The van der Waals surface area contributed by atoms with Crippen molar-refractivity contribution < 1.29 is 4.79 Å². The highest BCUT2D eigenvalue weighted by molar-refractivity contribution is 7.99. The van der Waals surface area contributed by atoms with Crippen LogP contribution in [0.15, 0.2) is 0 Å². The van der Waals surface area contributed by atoms with E-state index < -0.39 is 0 Å². The van der Waals surface area contributed by atoms with Gasteiger partial charge in [-0.05, 0) is 30.9 Å². The number of carbonyl (C=O) groups excluding carboxylic acids is 1. The predicted molar refractivity (Wildman–Crippen MR) is 82.3 cm³/mol. The van der Waals surface area contributed by atoms with Crippen molar-refractivity contribution in [2.75, 3.05) is 12.3 Å². The number of thioether (sulfide) groups is 1. The zero-order valence-electron chi connectivity index (χ0n) is 12.5. The Morgan fingerprint density at radius 1 is 1.42 bits per heavy atom. The standard InChI is InChI=1S/C15H28N2OS/c1-4-11(3)14-15(18)17(13(5-2)16-14)10-12-8-6-7-9-19-12/h11-14,16H,4-10H2,1-3H3. The quantitative estimate of drug-likeness (QED) is 0.842. The van der Waals surface area contributed by atoms with Crippen molar-refractivity contribution in [3.8, 4) is 0 Å². The Bertz CT molecular complexity index is 305. The van der Waals surface area contributed by atoms with Crippen molar-refractivity contribution >= 4 is 17.7 Å². The highest BCUT2D eigenvalue weighted by Gasteiger charge is 2.40. The molecule has 2 heterocycles. The molecule has 2 aliphatic rings. The van der Waals surface area contributed by atoms with Crippen molar-refractivity contribution in [1.29, 1.82) is 0 Å². The summed E-state index contributed by atoms with van der Waals surface area (Å²) in [6.07, 6.45) is 6.29. The minimum Gasteiger partial charge on any atom is -0.325 e. The van der Waals surface area contributed by atoms with Gasteiger partial charge in [-0.2, -0.15) is 11.8 Å². The van der Waals surface area contributed by atoms with Gasteiger partial charge in [-0.1, -0.05) is 33.6 Å². The highest BCUT2D eigenvalue weighted by Crippen LogP contribution is 2.29. The summed E-state index contributed by atoms with van der Waals surface area (Å²) >= 11 is 2.06. The lowest BCUT2D eigenvalue weighted by Crippen LogP contribution is -2.41. The Morgan fingerprint density at radius 3 is 2.79 bits per heavy atom. The van der Waals surface area contributed by atoms with Gasteiger partial charge in [0.1, 0.15) is 0 Å². The first-order valence-electron chi connectivity index (χ1n) is 7.85. The van der Waals surface area contributed by atoms with E-state index in [9.17, 15) is 4.79 Å². The second kappa shape index (κ2) is 6.98. The van der Waals surface area contributed by atoms with E-state index in [0.29, 0.717) is 17.1 Å². The lowest BCUT2D eigenvalue weighted by atomic mass is 9.99. The van der Waals surface area contributed by atoms with Crippen LogP contribution in [0.25, 0.3) is 0 Å². The summed E-state index contributed by atoms with van der Waals surface area (Å²) in [5.41, 5.74) is 0. The molecule has 4 heteroatoms. The molecule has 0 aliphatic carbocycles. The maximum atomic E-state index is 12.6. The first-order valence-corrected chi connectivity index (χ1v) is 8.90. The molecule has 2 aliphatic heterocycles. The van der Waals surface area contributed by atoms with E-state index in [-0.39, 0.29) is 12.2 Å². The molecule has 2 saturated heterocycles. The van der Waals surface area contributed by atoms with Crippen LogP contribution in [0, 0.1) is 5.92 Å². The van der Waals surface area contributed by atoms with Crippen molar-refractivity contribution in [3.05, 3.63) is 0 Å². The maximum absolute atomic E-state index is 12.6. The third-order valence-corrected chi connectivity index (χ3v) is 5.95. The lowest BCUT2D eigenvalue weighted by molar-refractivity contribution is -0.130. The fourth-order valence-electron chi connectivity index (χ4n) is 3.07. The van der Waals surface area contributed by atoms with Crippen LogP contribution >= 0.6 is 11.8 Å². The van der Waals surface area contributed by atoms with Gasteiger partial charge in [0.15, 0.2) is 0 Å². The van der Waals surface area contributed by atoms with E-state index in [1.165, 1.54) is 25.0 Å². The van der Waals surface area contributed by atoms with Crippen molar-refractivity contribution in [2.45, 2.75) is 70.3 Å². The smallest absolute Gasteiger partial charge is 0.241 e. The summed E-state index contributed by atoms with van der Waals surface area (Å²) in [5, 5.41) is 4.20. The zero-order valence-corrected chi connectivity index (χ0v) is 13.3. The molecule has 3 nitrogen and oxygen atoms in total. The topological polar surface area (TPSA) is 32.3 Å². The third-order valence-electron chi connectivity index (χ3n) is 4.57. The minimum absolute atomic E-state index is 0.0449. The number of amides is 1.